The first kappa shape index (κ1) is 17.6. The van der Waals surface area contributed by atoms with Crippen LogP contribution in [0.5, 0.6) is 0 Å². The van der Waals surface area contributed by atoms with Crippen molar-refractivity contribution in [2.75, 3.05) is 11.9 Å². The number of nitrogens with two attached hydrogens (primary N) is 1. The maximum atomic E-state index is 12.0. The molecule has 1 aromatic heterocycles. The molecule has 0 unspecified atom stereocenters. The van der Waals surface area contributed by atoms with Gasteiger partial charge in [-0.1, -0.05) is 0 Å². The molecule has 1 amide bonds. The molecule has 1 heterocycles. The van der Waals surface area contributed by atoms with E-state index in [0.717, 1.165) is 0 Å². The van der Waals surface area contributed by atoms with E-state index in [4.69, 9.17) is 9.88 Å². The number of carbonyl (C=O) groups is 2. The van der Waals surface area contributed by atoms with Crippen LogP contribution >= 0.6 is 0 Å². The number of H-pyrrole nitrogens is 1. The van der Waals surface area contributed by atoms with Gasteiger partial charge in [-0.05, 0) is 42.5 Å². The Kier molecular flexibility index (Phi) is 4.69. The number of hydrogen-bond acceptors (Lipinski definition) is 6. The highest BCUT2D eigenvalue weighted by atomic mass is 32.2. The van der Waals surface area contributed by atoms with Crippen molar-refractivity contribution in [1.29, 1.82) is 0 Å². The lowest BCUT2D eigenvalue weighted by atomic mass is 10.2. The number of fused-ring (bicyclic) bond motifs is 1. The van der Waals surface area contributed by atoms with Crippen molar-refractivity contribution in [3.05, 3.63) is 54.4 Å². The first-order chi connectivity index (χ1) is 12.3. The second-order valence-electron chi connectivity index (χ2n) is 5.33. The Morgan fingerprint density at radius 3 is 2.58 bits per heavy atom. The Morgan fingerprint density at radius 2 is 1.88 bits per heavy atom. The third-order valence-corrected chi connectivity index (χ3v) is 4.39. The van der Waals surface area contributed by atoms with Gasteiger partial charge in [-0.25, -0.2) is 23.3 Å². The third-order valence-electron chi connectivity index (χ3n) is 3.46. The highest BCUT2D eigenvalue weighted by molar-refractivity contribution is 7.89. The zero-order valence-electron chi connectivity index (χ0n) is 13.3. The van der Waals surface area contributed by atoms with Gasteiger partial charge in [0.2, 0.25) is 10.0 Å². The van der Waals surface area contributed by atoms with Crippen molar-refractivity contribution in [3.8, 4) is 0 Å². The Hall–Kier alpha value is -3.24. The van der Waals surface area contributed by atoms with E-state index in [1.807, 2.05) is 0 Å². The number of amides is 1. The van der Waals surface area contributed by atoms with E-state index in [1.54, 1.807) is 18.2 Å². The summed E-state index contributed by atoms with van der Waals surface area (Å²) in [6.07, 6.45) is 1.51. The van der Waals surface area contributed by atoms with Crippen molar-refractivity contribution in [2.45, 2.75) is 4.90 Å². The van der Waals surface area contributed by atoms with Gasteiger partial charge in [-0.2, -0.15) is 0 Å². The van der Waals surface area contributed by atoms with Crippen molar-refractivity contribution < 1.29 is 22.7 Å². The summed E-state index contributed by atoms with van der Waals surface area (Å²) < 4.78 is 27.3. The first-order valence-electron chi connectivity index (χ1n) is 7.36. The summed E-state index contributed by atoms with van der Waals surface area (Å²) >= 11 is 0. The van der Waals surface area contributed by atoms with Crippen molar-refractivity contribution in [3.63, 3.8) is 0 Å². The zero-order chi connectivity index (χ0) is 18.7. The lowest BCUT2D eigenvalue weighted by Crippen LogP contribution is -2.21. The molecular weight excluding hydrogens is 360 g/mol. The van der Waals surface area contributed by atoms with E-state index < -0.39 is 28.5 Å². The summed E-state index contributed by atoms with van der Waals surface area (Å²) in [5.74, 6) is -1.22. The van der Waals surface area contributed by atoms with Gasteiger partial charge < -0.3 is 15.0 Å². The Bertz CT molecular complexity index is 1070. The van der Waals surface area contributed by atoms with Crippen LogP contribution in [0.1, 0.15) is 10.4 Å². The molecule has 0 fully saturated rings. The molecule has 9 nitrogen and oxygen atoms in total. The molecule has 4 N–H and O–H groups in total. The van der Waals surface area contributed by atoms with Gasteiger partial charge in [0.15, 0.2) is 6.61 Å². The van der Waals surface area contributed by atoms with Crippen molar-refractivity contribution in [2.24, 2.45) is 5.14 Å². The highest BCUT2D eigenvalue weighted by Gasteiger charge is 2.12. The number of sulfonamides is 1. The molecule has 0 radical (unpaired) electrons. The summed E-state index contributed by atoms with van der Waals surface area (Å²) in [7, 11) is -3.80. The number of ether oxygens (including phenoxy) is 1. The number of rotatable bonds is 5. The predicted octanol–water partition coefficient (Wildman–Crippen LogP) is 1.01. The van der Waals surface area contributed by atoms with Crippen LogP contribution in [0.25, 0.3) is 11.0 Å². The number of aromatic nitrogens is 2. The molecule has 0 aliphatic carbocycles. The average molecular weight is 374 g/mol. The van der Waals surface area contributed by atoms with E-state index in [9.17, 15) is 18.0 Å². The van der Waals surface area contributed by atoms with Gasteiger partial charge in [0.05, 0.1) is 27.8 Å². The van der Waals surface area contributed by atoms with E-state index >= 15 is 0 Å². The number of esters is 1. The fourth-order valence-electron chi connectivity index (χ4n) is 2.20. The molecule has 2 aromatic carbocycles. The molecule has 3 aromatic rings. The molecule has 26 heavy (non-hydrogen) atoms. The molecule has 0 saturated carbocycles. The molecule has 0 aliphatic heterocycles. The Morgan fingerprint density at radius 1 is 1.15 bits per heavy atom. The fraction of sp³-hybridized carbons (Fsp3) is 0.0625. The summed E-state index contributed by atoms with van der Waals surface area (Å²) in [6.45, 7) is -0.489. The summed E-state index contributed by atoms with van der Waals surface area (Å²) in [5.41, 5.74) is 2.02. The molecule has 3 rings (SSSR count). The van der Waals surface area contributed by atoms with Crippen LogP contribution in [0.2, 0.25) is 0 Å². The molecule has 0 saturated heterocycles. The topological polar surface area (TPSA) is 144 Å². The normalized spacial score (nSPS) is 11.3. The molecule has 0 atom stereocenters. The van der Waals surface area contributed by atoms with Crippen LogP contribution in [0.3, 0.4) is 0 Å². The zero-order valence-corrected chi connectivity index (χ0v) is 14.1. The smallest absolute Gasteiger partial charge is 0.338 e. The molecule has 0 aliphatic rings. The van der Waals surface area contributed by atoms with Crippen LogP contribution in [0, 0.1) is 0 Å². The molecular formula is C16H14N4O5S. The third kappa shape index (κ3) is 4.05. The van der Waals surface area contributed by atoms with Gasteiger partial charge in [0.1, 0.15) is 0 Å². The standard InChI is InChI=1S/C16H14N4O5S/c17-26(23,24)12-4-2-11(3-5-12)20-15(21)8-25-16(22)10-1-6-13-14(7-10)19-9-18-13/h1-7,9H,8H2,(H,18,19)(H,20,21)(H2,17,23,24). The van der Waals surface area contributed by atoms with E-state index in [2.05, 4.69) is 15.3 Å². The summed E-state index contributed by atoms with van der Waals surface area (Å²) in [6, 6.07) is 10.1. The number of nitrogens with one attached hydrogen (secondary N) is 2. The molecule has 10 heteroatoms. The lowest BCUT2D eigenvalue weighted by molar-refractivity contribution is -0.119. The monoisotopic (exact) mass is 374 g/mol. The van der Waals surface area contributed by atoms with Crippen LogP contribution in [0.15, 0.2) is 53.7 Å². The quantitative estimate of drug-likeness (QED) is 0.568. The first-order valence-corrected chi connectivity index (χ1v) is 8.90. The maximum absolute atomic E-state index is 12.0. The molecule has 134 valence electrons. The predicted molar refractivity (Wildman–Crippen MR) is 92.8 cm³/mol. The Balaban J connectivity index is 1.57. The van der Waals surface area contributed by atoms with Gasteiger partial charge in [-0.15, -0.1) is 0 Å². The highest BCUT2D eigenvalue weighted by Crippen LogP contribution is 2.14. The minimum atomic E-state index is -3.80. The number of primary sulfonamides is 1. The molecule has 0 spiro atoms. The van der Waals surface area contributed by atoms with E-state index in [0.29, 0.717) is 16.7 Å². The number of carbonyl (C=O) groups excluding carboxylic acids is 2. The van der Waals surface area contributed by atoms with Crippen LogP contribution in [-0.4, -0.2) is 36.9 Å². The number of hydrogen-bond donors (Lipinski definition) is 3. The number of nitrogens with zero attached hydrogens (tertiary/aromatic N) is 1. The maximum Gasteiger partial charge on any atom is 0.338 e. The van der Waals surface area contributed by atoms with Crippen LogP contribution in [-0.2, 0) is 19.6 Å². The van der Waals surface area contributed by atoms with Gasteiger partial charge >= 0.3 is 5.97 Å². The summed E-state index contributed by atoms with van der Waals surface area (Å²) in [5, 5.41) is 7.48. The van der Waals surface area contributed by atoms with Gasteiger partial charge in [0.25, 0.3) is 5.91 Å². The van der Waals surface area contributed by atoms with Crippen molar-refractivity contribution in [1.82, 2.24) is 9.97 Å². The second kappa shape index (κ2) is 6.94. The van der Waals surface area contributed by atoms with Crippen LogP contribution < -0.4 is 10.5 Å². The van der Waals surface area contributed by atoms with Crippen LogP contribution in [0.4, 0.5) is 5.69 Å². The number of aromatic amines is 1. The fourth-order valence-corrected chi connectivity index (χ4v) is 2.72. The number of benzene rings is 2. The van der Waals surface area contributed by atoms with Gasteiger partial charge in [0, 0.05) is 5.69 Å². The summed E-state index contributed by atoms with van der Waals surface area (Å²) in [4.78, 5) is 30.7. The van der Waals surface area contributed by atoms with E-state index in [1.165, 1.54) is 30.6 Å². The average Bonchev–Trinajstić information content (AvgIpc) is 3.07. The Labute approximate surface area is 148 Å². The SMILES string of the molecule is NS(=O)(=O)c1ccc(NC(=O)COC(=O)c2ccc3nc[nH]c3c2)cc1. The van der Waals surface area contributed by atoms with Gasteiger partial charge in [-0.3, -0.25) is 4.79 Å². The van der Waals surface area contributed by atoms with E-state index in [-0.39, 0.29) is 10.5 Å². The van der Waals surface area contributed by atoms with Crippen molar-refractivity contribution >= 4 is 38.6 Å². The largest absolute Gasteiger partial charge is 0.452 e. The molecule has 0 bridgehead atoms. The number of anilines is 1. The minimum absolute atomic E-state index is 0.0730. The lowest BCUT2D eigenvalue weighted by Gasteiger charge is -2.07. The minimum Gasteiger partial charge on any atom is -0.452 e. The number of imidazole rings is 1. The second-order valence-corrected chi connectivity index (χ2v) is 6.89.